The molecule has 1 aromatic carbocycles. The van der Waals surface area contributed by atoms with E-state index in [4.69, 9.17) is 0 Å². The molecule has 1 aromatic heterocycles. The molecule has 1 unspecified atom stereocenters. The van der Waals surface area contributed by atoms with E-state index in [9.17, 15) is 0 Å². The van der Waals surface area contributed by atoms with Crippen LogP contribution < -0.4 is 5.32 Å². The normalized spacial score (nSPS) is 20.1. The van der Waals surface area contributed by atoms with Crippen LogP contribution in [0.15, 0.2) is 24.3 Å². The van der Waals surface area contributed by atoms with Gasteiger partial charge in [0.05, 0.1) is 17.4 Å². The first-order valence-electron chi connectivity index (χ1n) is 6.88. The van der Waals surface area contributed by atoms with E-state index in [-0.39, 0.29) is 6.04 Å². The molecule has 2 heterocycles. The summed E-state index contributed by atoms with van der Waals surface area (Å²) < 4.78 is 2.09. The summed E-state index contributed by atoms with van der Waals surface area (Å²) in [6.45, 7) is 7.39. The van der Waals surface area contributed by atoms with Crippen LogP contribution in [0.5, 0.6) is 0 Å². The third kappa shape index (κ3) is 2.16. The largest absolute Gasteiger partial charge is 0.308 e. The van der Waals surface area contributed by atoms with Gasteiger partial charge in [-0.05, 0) is 31.9 Å². The number of aryl methyl sites for hydroxylation is 1. The first kappa shape index (κ1) is 12.4. The van der Waals surface area contributed by atoms with Crippen LogP contribution in [0.1, 0.15) is 42.4 Å². The number of rotatable bonds is 2. The molecule has 0 bridgehead atoms. The van der Waals surface area contributed by atoms with Crippen LogP contribution >= 0.6 is 0 Å². The summed E-state index contributed by atoms with van der Waals surface area (Å²) in [5.41, 5.74) is 5.00. The lowest BCUT2D eigenvalue weighted by Gasteiger charge is -2.23. The molecule has 1 aliphatic heterocycles. The van der Waals surface area contributed by atoms with E-state index >= 15 is 0 Å². The van der Waals surface area contributed by atoms with Crippen LogP contribution in [0.25, 0.3) is 0 Å². The van der Waals surface area contributed by atoms with Crippen molar-refractivity contribution in [3.05, 3.63) is 46.8 Å². The molecule has 0 radical (unpaired) electrons. The molecule has 1 aliphatic rings. The molecular formula is C15H20N4. The summed E-state index contributed by atoms with van der Waals surface area (Å²) in [5.74, 6) is 0. The van der Waals surface area contributed by atoms with Crippen molar-refractivity contribution in [1.82, 2.24) is 20.3 Å². The number of nitrogens with one attached hydrogen (secondary N) is 1. The molecule has 0 amide bonds. The number of hydrogen-bond donors (Lipinski definition) is 1. The van der Waals surface area contributed by atoms with Gasteiger partial charge in [-0.1, -0.05) is 29.5 Å². The van der Waals surface area contributed by atoms with Gasteiger partial charge >= 0.3 is 0 Å². The third-order valence-corrected chi connectivity index (χ3v) is 3.99. The molecule has 19 heavy (non-hydrogen) atoms. The Morgan fingerprint density at radius 1 is 1.37 bits per heavy atom. The quantitative estimate of drug-likeness (QED) is 0.896. The van der Waals surface area contributed by atoms with Crippen molar-refractivity contribution in [1.29, 1.82) is 0 Å². The lowest BCUT2D eigenvalue weighted by molar-refractivity contribution is 0.464. The van der Waals surface area contributed by atoms with Crippen LogP contribution in [0, 0.1) is 6.92 Å². The van der Waals surface area contributed by atoms with E-state index in [0.29, 0.717) is 6.04 Å². The fraction of sp³-hybridized carbons (Fsp3) is 0.467. The Morgan fingerprint density at radius 2 is 2.16 bits per heavy atom. The van der Waals surface area contributed by atoms with Crippen molar-refractivity contribution >= 4 is 0 Å². The number of nitrogens with zero attached hydrogens (tertiary/aromatic N) is 3. The first-order chi connectivity index (χ1) is 9.16. The molecule has 2 aromatic rings. The summed E-state index contributed by atoms with van der Waals surface area (Å²) in [4.78, 5) is 0. The van der Waals surface area contributed by atoms with Crippen molar-refractivity contribution in [3.63, 3.8) is 0 Å². The molecule has 0 fully saturated rings. The van der Waals surface area contributed by atoms with Crippen molar-refractivity contribution in [2.45, 2.75) is 45.8 Å². The van der Waals surface area contributed by atoms with Gasteiger partial charge in [0.1, 0.15) is 0 Å². The van der Waals surface area contributed by atoms with Crippen LogP contribution in [0.2, 0.25) is 0 Å². The maximum absolute atomic E-state index is 4.38. The Hall–Kier alpha value is -1.68. The molecule has 100 valence electrons. The second-order valence-electron chi connectivity index (χ2n) is 5.45. The van der Waals surface area contributed by atoms with Gasteiger partial charge in [0.25, 0.3) is 0 Å². The minimum Gasteiger partial charge on any atom is -0.308 e. The fourth-order valence-corrected chi connectivity index (χ4v) is 2.83. The Labute approximate surface area is 113 Å². The molecule has 4 heteroatoms. The van der Waals surface area contributed by atoms with E-state index in [1.165, 1.54) is 16.8 Å². The summed E-state index contributed by atoms with van der Waals surface area (Å²) in [6.07, 6.45) is 0.999. The molecule has 3 rings (SSSR count). The van der Waals surface area contributed by atoms with Gasteiger partial charge in [0, 0.05) is 19.0 Å². The second kappa shape index (κ2) is 4.78. The van der Waals surface area contributed by atoms with Gasteiger partial charge in [-0.15, -0.1) is 5.10 Å². The van der Waals surface area contributed by atoms with Crippen molar-refractivity contribution in [3.8, 4) is 0 Å². The number of hydrogen-bond acceptors (Lipinski definition) is 3. The van der Waals surface area contributed by atoms with E-state index in [1.807, 2.05) is 0 Å². The van der Waals surface area contributed by atoms with E-state index in [1.54, 1.807) is 0 Å². The zero-order chi connectivity index (χ0) is 13.4. The third-order valence-electron chi connectivity index (χ3n) is 3.99. The standard InChI is InChI=1S/C15H20N4/c1-10-6-4-5-7-13(10)12(3)19-15-8-11(2)16-9-14(15)17-18-19/h4-7,11-12,16H,8-9H2,1-3H3/t11-,12?/m1/s1. The van der Waals surface area contributed by atoms with Gasteiger partial charge in [-0.25, -0.2) is 4.68 Å². The van der Waals surface area contributed by atoms with Crippen LogP contribution in [0.3, 0.4) is 0 Å². The number of benzene rings is 1. The molecular weight excluding hydrogens is 236 g/mol. The van der Waals surface area contributed by atoms with E-state index in [0.717, 1.165) is 18.7 Å². The lowest BCUT2D eigenvalue weighted by atomic mass is 10.0. The first-order valence-corrected chi connectivity index (χ1v) is 6.88. The highest BCUT2D eigenvalue weighted by atomic mass is 15.4. The van der Waals surface area contributed by atoms with E-state index < -0.39 is 0 Å². The van der Waals surface area contributed by atoms with Gasteiger partial charge in [-0.2, -0.15) is 0 Å². The molecule has 0 saturated heterocycles. The molecule has 1 N–H and O–H groups in total. The maximum atomic E-state index is 4.38. The zero-order valence-corrected chi connectivity index (χ0v) is 11.7. The predicted octanol–water partition coefficient (Wildman–Crippen LogP) is 2.23. The van der Waals surface area contributed by atoms with Crippen molar-refractivity contribution in [2.24, 2.45) is 0 Å². The van der Waals surface area contributed by atoms with Gasteiger partial charge in [0.2, 0.25) is 0 Å². The number of fused-ring (bicyclic) bond motifs is 1. The molecule has 0 spiro atoms. The Morgan fingerprint density at radius 3 is 2.95 bits per heavy atom. The highest BCUT2D eigenvalue weighted by Crippen LogP contribution is 2.24. The Balaban J connectivity index is 1.99. The lowest BCUT2D eigenvalue weighted by Crippen LogP contribution is -2.34. The smallest absolute Gasteiger partial charge is 0.0997 e. The summed E-state index contributed by atoms with van der Waals surface area (Å²) in [5, 5.41) is 12.1. The summed E-state index contributed by atoms with van der Waals surface area (Å²) in [7, 11) is 0. The summed E-state index contributed by atoms with van der Waals surface area (Å²) >= 11 is 0. The van der Waals surface area contributed by atoms with Crippen molar-refractivity contribution in [2.75, 3.05) is 0 Å². The second-order valence-corrected chi connectivity index (χ2v) is 5.45. The highest BCUT2D eigenvalue weighted by molar-refractivity contribution is 5.30. The fourth-order valence-electron chi connectivity index (χ4n) is 2.83. The topological polar surface area (TPSA) is 42.7 Å². The minimum atomic E-state index is 0.239. The van der Waals surface area contributed by atoms with Crippen molar-refractivity contribution < 1.29 is 0 Å². The van der Waals surface area contributed by atoms with Gasteiger partial charge in [0.15, 0.2) is 0 Å². The van der Waals surface area contributed by atoms with Crippen LogP contribution in [-0.2, 0) is 13.0 Å². The molecule has 2 atom stereocenters. The predicted molar refractivity (Wildman–Crippen MR) is 75.0 cm³/mol. The van der Waals surface area contributed by atoms with Crippen LogP contribution in [0.4, 0.5) is 0 Å². The van der Waals surface area contributed by atoms with Gasteiger partial charge in [-0.3, -0.25) is 0 Å². The Kier molecular flexibility index (Phi) is 3.11. The zero-order valence-electron chi connectivity index (χ0n) is 11.7. The van der Waals surface area contributed by atoms with Gasteiger partial charge < -0.3 is 5.32 Å². The average molecular weight is 256 g/mol. The molecule has 0 aliphatic carbocycles. The Bertz CT molecular complexity index is 588. The highest BCUT2D eigenvalue weighted by Gasteiger charge is 2.24. The monoisotopic (exact) mass is 256 g/mol. The molecule has 0 saturated carbocycles. The SMILES string of the molecule is Cc1ccccc1C(C)n1nnc2c1C[C@@H](C)NC2. The minimum absolute atomic E-state index is 0.239. The number of aromatic nitrogens is 3. The van der Waals surface area contributed by atoms with Crippen LogP contribution in [-0.4, -0.2) is 21.0 Å². The molecule has 4 nitrogen and oxygen atoms in total. The maximum Gasteiger partial charge on any atom is 0.0997 e. The summed E-state index contributed by atoms with van der Waals surface area (Å²) in [6, 6.07) is 9.23. The van der Waals surface area contributed by atoms with E-state index in [2.05, 4.69) is 65.3 Å². The average Bonchev–Trinajstić information content (AvgIpc) is 2.81.